The summed E-state index contributed by atoms with van der Waals surface area (Å²) in [5, 5.41) is 0.543. The Kier molecular flexibility index (Phi) is 4.58. The Hall–Kier alpha value is -1.81. The topological polar surface area (TPSA) is 52.3 Å². The van der Waals surface area contributed by atoms with Gasteiger partial charge in [-0.2, -0.15) is 0 Å². The van der Waals surface area contributed by atoms with E-state index in [0.717, 1.165) is 17.7 Å². The normalized spacial score (nSPS) is 10.4. The standard InChI is InChI=1S/C15H17NO2S/c1-2-18-15(17)13-10-12(19-14(13)16)9-8-11-6-4-3-5-7-11/h3-7,10H,2,8-9,16H2,1H3. The molecular weight excluding hydrogens is 258 g/mol. The molecule has 19 heavy (non-hydrogen) atoms. The molecule has 1 aromatic carbocycles. The van der Waals surface area contributed by atoms with Crippen LogP contribution in [0.4, 0.5) is 5.00 Å². The summed E-state index contributed by atoms with van der Waals surface area (Å²) >= 11 is 1.46. The van der Waals surface area contributed by atoms with Gasteiger partial charge in [0.25, 0.3) is 0 Å². The van der Waals surface area contributed by atoms with Gasteiger partial charge in [0.05, 0.1) is 12.2 Å². The number of nitrogens with two attached hydrogens (primary N) is 1. The first-order chi connectivity index (χ1) is 9.20. The number of hydrogen-bond donors (Lipinski definition) is 1. The van der Waals surface area contributed by atoms with Gasteiger partial charge in [-0.15, -0.1) is 11.3 Å². The zero-order valence-electron chi connectivity index (χ0n) is 10.9. The molecule has 2 aromatic rings. The Balaban J connectivity index is 2.02. The first-order valence-corrected chi connectivity index (χ1v) is 7.11. The Morgan fingerprint density at radius 3 is 2.68 bits per heavy atom. The molecular formula is C15H17NO2S. The van der Waals surface area contributed by atoms with Gasteiger partial charge in [0.2, 0.25) is 0 Å². The number of hydrogen-bond acceptors (Lipinski definition) is 4. The van der Waals surface area contributed by atoms with Crippen LogP contribution in [0, 0.1) is 0 Å². The third-order valence-corrected chi connectivity index (χ3v) is 3.83. The van der Waals surface area contributed by atoms with Crippen LogP contribution in [-0.4, -0.2) is 12.6 Å². The largest absolute Gasteiger partial charge is 0.462 e. The van der Waals surface area contributed by atoms with Crippen LogP contribution in [0.15, 0.2) is 36.4 Å². The summed E-state index contributed by atoms with van der Waals surface area (Å²) in [6.07, 6.45) is 1.83. The van der Waals surface area contributed by atoms with Crippen LogP contribution in [0.25, 0.3) is 0 Å². The number of aryl methyl sites for hydroxylation is 2. The second kappa shape index (κ2) is 6.38. The Morgan fingerprint density at radius 1 is 1.26 bits per heavy atom. The lowest BCUT2D eigenvalue weighted by Crippen LogP contribution is -2.05. The quantitative estimate of drug-likeness (QED) is 0.852. The van der Waals surface area contributed by atoms with Gasteiger partial charge in [-0.25, -0.2) is 4.79 Å². The predicted molar refractivity (Wildman–Crippen MR) is 78.5 cm³/mol. The minimum absolute atomic E-state index is 0.331. The molecule has 100 valence electrons. The summed E-state index contributed by atoms with van der Waals surface area (Å²) in [7, 11) is 0. The average Bonchev–Trinajstić information content (AvgIpc) is 2.79. The van der Waals surface area contributed by atoms with Gasteiger partial charge in [0, 0.05) is 4.88 Å². The number of anilines is 1. The second-order valence-electron chi connectivity index (χ2n) is 4.20. The molecule has 0 fully saturated rings. The molecule has 0 spiro atoms. The molecule has 4 heteroatoms. The predicted octanol–water partition coefficient (Wildman–Crippen LogP) is 3.29. The smallest absolute Gasteiger partial charge is 0.341 e. The van der Waals surface area contributed by atoms with Crippen LogP contribution < -0.4 is 5.73 Å². The van der Waals surface area contributed by atoms with Crippen molar-refractivity contribution in [1.29, 1.82) is 0 Å². The third-order valence-electron chi connectivity index (χ3n) is 2.81. The fraction of sp³-hybridized carbons (Fsp3) is 0.267. The summed E-state index contributed by atoms with van der Waals surface area (Å²) in [5.74, 6) is -0.331. The minimum atomic E-state index is -0.331. The fourth-order valence-corrected chi connectivity index (χ4v) is 2.78. The number of benzene rings is 1. The number of rotatable bonds is 5. The molecule has 1 heterocycles. The lowest BCUT2D eigenvalue weighted by molar-refractivity contribution is 0.0528. The van der Waals surface area contributed by atoms with Gasteiger partial charge in [-0.05, 0) is 31.4 Å². The van der Waals surface area contributed by atoms with Crippen LogP contribution in [0.5, 0.6) is 0 Å². The van der Waals surface area contributed by atoms with Gasteiger partial charge in [0.1, 0.15) is 5.00 Å². The highest BCUT2D eigenvalue weighted by molar-refractivity contribution is 7.16. The molecule has 0 amide bonds. The maximum Gasteiger partial charge on any atom is 0.341 e. The molecule has 0 radical (unpaired) electrons. The van der Waals surface area contributed by atoms with Gasteiger partial charge < -0.3 is 10.5 Å². The van der Waals surface area contributed by atoms with Crippen LogP contribution >= 0.6 is 11.3 Å². The molecule has 0 aliphatic heterocycles. The lowest BCUT2D eigenvalue weighted by atomic mass is 10.1. The lowest BCUT2D eigenvalue weighted by Gasteiger charge is -1.99. The van der Waals surface area contributed by atoms with E-state index in [9.17, 15) is 4.79 Å². The molecule has 0 bridgehead atoms. The Labute approximate surface area is 117 Å². The van der Waals surface area contributed by atoms with E-state index in [1.807, 2.05) is 24.3 Å². The number of carbonyl (C=O) groups is 1. The van der Waals surface area contributed by atoms with Gasteiger partial charge in [0.15, 0.2) is 0 Å². The number of nitrogen functional groups attached to an aromatic ring is 1. The van der Waals surface area contributed by atoms with Crippen LogP contribution in [0.3, 0.4) is 0 Å². The van der Waals surface area contributed by atoms with Crippen molar-refractivity contribution in [3.05, 3.63) is 52.4 Å². The summed E-state index contributed by atoms with van der Waals surface area (Å²) < 4.78 is 4.97. The molecule has 0 saturated carbocycles. The van der Waals surface area contributed by atoms with E-state index < -0.39 is 0 Å². The second-order valence-corrected chi connectivity index (χ2v) is 5.37. The highest BCUT2D eigenvalue weighted by atomic mass is 32.1. The molecule has 0 saturated heterocycles. The van der Waals surface area contributed by atoms with E-state index >= 15 is 0 Å². The third kappa shape index (κ3) is 3.58. The summed E-state index contributed by atoms with van der Waals surface area (Å²) in [5.41, 5.74) is 7.64. The van der Waals surface area contributed by atoms with Crippen molar-refractivity contribution in [1.82, 2.24) is 0 Å². The summed E-state index contributed by atoms with van der Waals surface area (Å²) in [4.78, 5) is 12.8. The highest BCUT2D eigenvalue weighted by Crippen LogP contribution is 2.26. The van der Waals surface area contributed by atoms with E-state index in [-0.39, 0.29) is 5.97 Å². The van der Waals surface area contributed by atoms with Crippen LogP contribution in [0.1, 0.15) is 27.7 Å². The Bertz CT molecular complexity index is 549. The van der Waals surface area contributed by atoms with Crippen molar-refractivity contribution in [2.75, 3.05) is 12.3 Å². The van der Waals surface area contributed by atoms with Crippen molar-refractivity contribution >= 4 is 22.3 Å². The minimum Gasteiger partial charge on any atom is -0.462 e. The van der Waals surface area contributed by atoms with Crippen molar-refractivity contribution in [3.8, 4) is 0 Å². The molecule has 1 aromatic heterocycles. The van der Waals surface area contributed by atoms with Gasteiger partial charge in [-0.1, -0.05) is 30.3 Å². The maximum absolute atomic E-state index is 11.7. The number of carbonyl (C=O) groups excluding carboxylic acids is 1. The highest BCUT2D eigenvalue weighted by Gasteiger charge is 2.14. The molecule has 0 atom stereocenters. The van der Waals surface area contributed by atoms with E-state index in [4.69, 9.17) is 10.5 Å². The molecule has 0 aliphatic rings. The average molecular weight is 275 g/mol. The molecule has 0 aliphatic carbocycles. The van der Waals surface area contributed by atoms with Crippen LogP contribution in [-0.2, 0) is 17.6 Å². The number of ether oxygens (including phenoxy) is 1. The van der Waals surface area contributed by atoms with Crippen molar-refractivity contribution in [3.63, 3.8) is 0 Å². The zero-order chi connectivity index (χ0) is 13.7. The first kappa shape index (κ1) is 13.6. The fourth-order valence-electron chi connectivity index (χ4n) is 1.86. The summed E-state index contributed by atoms with van der Waals surface area (Å²) in [6.45, 7) is 2.16. The summed E-state index contributed by atoms with van der Waals surface area (Å²) in [6, 6.07) is 12.1. The maximum atomic E-state index is 11.7. The van der Waals surface area contributed by atoms with E-state index in [2.05, 4.69) is 12.1 Å². The molecule has 3 nitrogen and oxygen atoms in total. The number of thiophene rings is 1. The molecule has 2 N–H and O–H groups in total. The van der Waals surface area contributed by atoms with Gasteiger partial charge >= 0.3 is 5.97 Å². The van der Waals surface area contributed by atoms with Crippen LogP contribution in [0.2, 0.25) is 0 Å². The van der Waals surface area contributed by atoms with E-state index in [1.165, 1.54) is 16.9 Å². The molecule has 0 unspecified atom stereocenters. The number of esters is 1. The first-order valence-electron chi connectivity index (χ1n) is 6.30. The monoisotopic (exact) mass is 275 g/mol. The van der Waals surface area contributed by atoms with Crippen molar-refractivity contribution < 1.29 is 9.53 Å². The zero-order valence-corrected chi connectivity index (χ0v) is 11.7. The Morgan fingerprint density at radius 2 is 2.00 bits per heavy atom. The van der Waals surface area contributed by atoms with Crippen molar-refractivity contribution in [2.45, 2.75) is 19.8 Å². The van der Waals surface area contributed by atoms with E-state index in [0.29, 0.717) is 17.2 Å². The van der Waals surface area contributed by atoms with Gasteiger partial charge in [-0.3, -0.25) is 0 Å². The van der Waals surface area contributed by atoms with E-state index in [1.54, 1.807) is 6.92 Å². The SMILES string of the molecule is CCOC(=O)c1cc(CCc2ccccc2)sc1N. The molecule has 2 rings (SSSR count). The van der Waals surface area contributed by atoms with Crippen molar-refractivity contribution in [2.24, 2.45) is 0 Å².